The molecular formula is C16H34N2O3. The van der Waals surface area contributed by atoms with E-state index in [2.05, 4.69) is 17.1 Å². The normalized spacial score (nSPS) is 20.0. The lowest BCUT2D eigenvalue weighted by Crippen LogP contribution is -2.39. The molecule has 0 bridgehead atoms. The SMILES string of the molecule is COCCOCCOCCNCCCN1CCCCC1C. The molecule has 5 heteroatoms. The summed E-state index contributed by atoms with van der Waals surface area (Å²) in [5, 5.41) is 3.44. The van der Waals surface area contributed by atoms with Crippen LogP contribution in [0.3, 0.4) is 0 Å². The predicted molar refractivity (Wildman–Crippen MR) is 85.9 cm³/mol. The Morgan fingerprint density at radius 2 is 1.76 bits per heavy atom. The first-order valence-electron chi connectivity index (χ1n) is 8.43. The van der Waals surface area contributed by atoms with Gasteiger partial charge in [0.25, 0.3) is 0 Å². The van der Waals surface area contributed by atoms with Crippen LogP contribution in [0.15, 0.2) is 0 Å². The fourth-order valence-corrected chi connectivity index (χ4v) is 2.63. The minimum Gasteiger partial charge on any atom is -0.382 e. The van der Waals surface area contributed by atoms with Gasteiger partial charge in [0, 0.05) is 19.7 Å². The second kappa shape index (κ2) is 13.5. The standard InChI is InChI=1S/C16H34N2O3/c1-16-6-3-4-9-18(16)10-5-7-17-8-11-20-14-15-21-13-12-19-2/h16-17H,3-15H2,1-2H3. The molecule has 1 rings (SSSR count). The predicted octanol–water partition coefficient (Wildman–Crippen LogP) is 1.52. The van der Waals surface area contributed by atoms with Crippen molar-refractivity contribution < 1.29 is 14.2 Å². The second-order valence-corrected chi connectivity index (χ2v) is 5.70. The Hall–Kier alpha value is -0.200. The zero-order valence-corrected chi connectivity index (χ0v) is 13.9. The van der Waals surface area contributed by atoms with E-state index >= 15 is 0 Å². The lowest BCUT2D eigenvalue weighted by atomic mass is 10.0. The van der Waals surface area contributed by atoms with E-state index in [1.54, 1.807) is 7.11 Å². The molecule has 126 valence electrons. The summed E-state index contributed by atoms with van der Waals surface area (Å²) in [6.07, 6.45) is 5.37. The summed E-state index contributed by atoms with van der Waals surface area (Å²) in [5.74, 6) is 0. The summed E-state index contributed by atoms with van der Waals surface area (Å²) in [7, 11) is 1.68. The van der Waals surface area contributed by atoms with E-state index in [1.807, 2.05) is 0 Å². The lowest BCUT2D eigenvalue weighted by molar-refractivity contribution is 0.0255. The van der Waals surface area contributed by atoms with Gasteiger partial charge in [-0.3, -0.25) is 0 Å². The van der Waals surface area contributed by atoms with Crippen LogP contribution in [0.5, 0.6) is 0 Å². The molecule has 1 fully saturated rings. The molecule has 0 aromatic carbocycles. The van der Waals surface area contributed by atoms with Crippen LogP contribution in [0.1, 0.15) is 32.6 Å². The Labute approximate surface area is 130 Å². The van der Waals surface area contributed by atoms with Crippen LogP contribution in [0.4, 0.5) is 0 Å². The van der Waals surface area contributed by atoms with Gasteiger partial charge in [0.1, 0.15) is 0 Å². The summed E-state index contributed by atoms with van der Waals surface area (Å²) in [4.78, 5) is 2.62. The number of nitrogens with zero attached hydrogens (tertiary/aromatic N) is 1. The Kier molecular flexibility index (Phi) is 12.1. The minimum absolute atomic E-state index is 0.646. The molecular weight excluding hydrogens is 268 g/mol. The monoisotopic (exact) mass is 302 g/mol. The molecule has 1 aliphatic rings. The van der Waals surface area contributed by atoms with Crippen LogP contribution in [0, 0.1) is 0 Å². The number of piperidine rings is 1. The van der Waals surface area contributed by atoms with Crippen molar-refractivity contribution in [2.75, 3.05) is 66.3 Å². The molecule has 1 unspecified atom stereocenters. The van der Waals surface area contributed by atoms with E-state index in [-0.39, 0.29) is 0 Å². The second-order valence-electron chi connectivity index (χ2n) is 5.70. The molecule has 1 aliphatic heterocycles. The van der Waals surface area contributed by atoms with Crippen LogP contribution in [-0.4, -0.2) is 77.3 Å². The average molecular weight is 302 g/mol. The molecule has 21 heavy (non-hydrogen) atoms. The molecule has 0 aromatic rings. The van der Waals surface area contributed by atoms with Gasteiger partial charge >= 0.3 is 0 Å². The van der Waals surface area contributed by atoms with E-state index in [1.165, 1.54) is 38.8 Å². The minimum atomic E-state index is 0.646. The van der Waals surface area contributed by atoms with Gasteiger partial charge in [0.2, 0.25) is 0 Å². The number of ether oxygens (including phenoxy) is 3. The first kappa shape index (κ1) is 18.8. The molecule has 0 spiro atoms. The van der Waals surface area contributed by atoms with Crippen molar-refractivity contribution in [2.24, 2.45) is 0 Å². The molecule has 1 heterocycles. The van der Waals surface area contributed by atoms with Crippen LogP contribution in [-0.2, 0) is 14.2 Å². The first-order valence-corrected chi connectivity index (χ1v) is 8.43. The van der Waals surface area contributed by atoms with E-state index in [4.69, 9.17) is 14.2 Å². The van der Waals surface area contributed by atoms with Crippen molar-refractivity contribution in [3.63, 3.8) is 0 Å². The number of rotatable bonds is 13. The van der Waals surface area contributed by atoms with Gasteiger partial charge in [-0.15, -0.1) is 0 Å². The smallest absolute Gasteiger partial charge is 0.0701 e. The molecule has 0 aliphatic carbocycles. The maximum atomic E-state index is 5.49. The van der Waals surface area contributed by atoms with E-state index in [0.29, 0.717) is 26.4 Å². The maximum absolute atomic E-state index is 5.49. The summed E-state index contributed by atoms with van der Waals surface area (Å²) in [6.45, 7) is 10.2. The molecule has 0 amide bonds. The highest BCUT2D eigenvalue weighted by Gasteiger charge is 2.16. The summed E-state index contributed by atoms with van der Waals surface area (Å²) < 4.78 is 15.7. The molecule has 1 N–H and O–H groups in total. The molecule has 0 aromatic heterocycles. The van der Waals surface area contributed by atoms with Crippen LogP contribution < -0.4 is 5.32 Å². The van der Waals surface area contributed by atoms with Crippen LogP contribution in [0.2, 0.25) is 0 Å². The highest BCUT2D eigenvalue weighted by Crippen LogP contribution is 2.15. The number of hydrogen-bond acceptors (Lipinski definition) is 5. The van der Waals surface area contributed by atoms with E-state index in [0.717, 1.165) is 25.7 Å². The van der Waals surface area contributed by atoms with Gasteiger partial charge in [-0.2, -0.15) is 0 Å². The van der Waals surface area contributed by atoms with Gasteiger partial charge in [-0.1, -0.05) is 6.42 Å². The van der Waals surface area contributed by atoms with Gasteiger partial charge in [0.05, 0.1) is 33.0 Å². The van der Waals surface area contributed by atoms with Crippen LogP contribution >= 0.6 is 0 Å². The Balaban J connectivity index is 1.76. The van der Waals surface area contributed by atoms with Gasteiger partial charge in [0.15, 0.2) is 0 Å². The molecule has 1 atom stereocenters. The third kappa shape index (κ3) is 10.2. The Morgan fingerprint density at radius 3 is 2.52 bits per heavy atom. The number of methoxy groups -OCH3 is 1. The average Bonchev–Trinajstić information content (AvgIpc) is 2.50. The Morgan fingerprint density at radius 1 is 1.00 bits per heavy atom. The molecule has 0 radical (unpaired) electrons. The van der Waals surface area contributed by atoms with Crippen molar-refractivity contribution in [1.29, 1.82) is 0 Å². The highest BCUT2D eigenvalue weighted by atomic mass is 16.5. The molecule has 0 saturated carbocycles. The van der Waals surface area contributed by atoms with E-state index < -0.39 is 0 Å². The van der Waals surface area contributed by atoms with Crippen molar-refractivity contribution in [1.82, 2.24) is 10.2 Å². The van der Waals surface area contributed by atoms with Crippen molar-refractivity contribution in [3.8, 4) is 0 Å². The number of nitrogens with one attached hydrogen (secondary N) is 1. The van der Waals surface area contributed by atoms with Crippen molar-refractivity contribution in [3.05, 3.63) is 0 Å². The van der Waals surface area contributed by atoms with Crippen LogP contribution in [0.25, 0.3) is 0 Å². The lowest BCUT2D eigenvalue weighted by Gasteiger charge is -2.33. The fourth-order valence-electron chi connectivity index (χ4n) is 2.63. The van der Waals surface area contributed by atoms with Gasteiger partial charge in [-0.25, -0.2) is 0 Å². The maximum Gasteiger partial charge on any atom is 0.0701 e. The first-order chi connectivity index (χ1) is 10.3. The molecule has 1 saturated heterocycles. The van der Waals surface area contributed by atoms with E-state index in [9.17, 15) is 0 Å². The van der Waals surface area contributed by atoms with Gasteiger partial charge in [-0.05, 0) is 45.8 Å². The fraction of sp³-hybridized carbons (Fsp3) is 1.00. The number of hydrogen-bond donors (Lipinski definition) is 1. The van der Waals surface area contributed by atoms with Gasteiger partial charge < -0.3 is 24.4 Å². The summed E-state index contributed by atoms with van der Waals surface area (Å²) in [5.41, 5.74) is 0. The summed E-state index contributed by atoms with van der Waals surface area (Å²) in [6, 6.07) is 0.778. The largest absolute Gasteiger partial charge is 0.382 e. The third-order valence-corrected chi connectivity index (χ3v) is 3.97. The van der Waals surface area contributed by atoms with Crippen molar-refractivity contribution in [2.45, 2.75) is 38.6 Å². The zero-order chi connectivity index (χ0) is 15.2. The Bertz CT molecular complexity index is 230. The molecule has 5 nitrogen and oxygen atoms in total. The quantitative estimate of drug-likeness (QED) is 0.523. The number of likely N-dealkylation sites (tertiary alicyclic amines) is 1. The van der Waals surface area contributed by atoms with Crippen molar-refractivity contribution >= 4 is 0 Å². The topological polar surface area (TPSA) is 43.0 Å². The summed E-state index contributed by atoms with van der Waals surface area (Å²) >= 11 is 0. The zero-order valence-electron chi connectivity index (χ0n) is 13.9. The third-order valence-electron chi connectivity index (χ3n) is 3.97. The highest BCUT2D eigenvalue weighted by molar-refractivity contribution is 4.72.